The molecule has 1 N–H and O–H groups in total. The lowest BCUT2D eigenvalue weighted by molar-refractivity contribution is 0.118. The van der Waals surface area contributed by atoms with Crippen LogP contribution in [0.5, 0.6) is 0 Å². The lowest BCUT2D eigenvalue weighted by atomic mass is 9.94. The summed E-state index contributed by atoms with van der Waals surface area (Å²) in [6.07, 6.45) is 3.82. The molecule has 2 aliphatic rings. The second kappa shape index (κ2) is 5.16. The minimum absolute atomic E-state index is 0.189. The Kier molecular flexibility index (Phi) is 3.55. The van der Waals surface area contributed by atoms with Crippen LogP contribution >= 0.6 is 11.6 Å². The molecule has 2 aliphatic heterocycles. The number of hydrogen-bond acceptors (Lipinski definition) is 2. The van der Waals surface area contributed by atoms with E-state index in [0.29, 0.717) is 23.7 Å². The summed E-state index contributed by atoms with van der Waals surface area (Å²) in [5.74, 6) is -0.189. The number of halogens is 2. The Morgan fingerprint density at radius 1 is 1.28 bits per heavy atom. The van der Waals surface area contributed by atoms with Crippen LogP contribution in [0.25, 0.3) is 0 Å². The maximum absolute atomic E-state index is 13.8. The van der Waals surface area contributed by atoms with Gasteiger partial charge in [-0.15, -0.1) is 0 Å². The predicted octanol–water partition coefficient (Wildman–Crippen LogP) is 2.81. The Hall–Kier alpha value is -0.640. The third-order valence-electron chi connectivity index (χ3n) is 3.94. The van der Waals surface area contributed by atoms with Gasteiger partial charge < -0.3 is 5.32 Å². The number of piperazine rings is 1. The van der Waals surface area contributed by atoms with E-state index in [0.717, 1.165) is 18.7 Å². The van der Waals surface area contributed by atoms with Gasteiger partial charge in [-0.25, -0.2) is 4.39 Å². The highest BCUT2D eigenvalue weighted by atomic mass is 35.5. The smallest absolute Gasteiger partial charge is 0.129 e. The van der Waals surface area contributed by atoms with Crippen molar-refractivity contribution < 1.29 is 4.39 Å². The number of piperidine rings is 1. The molecule has 2 nitrogen and oxygen atoms in total. The standard InChI is InChI=1S/C14H18ClFN2/c15-11-5-4-10(14(16)6-11)7-18-8-12-2-1-3-13(9-18)17-12/h4-6,12-13,17H,1-3,7-9H2. The first-order valence-electron chi connectivity index (χ1n) is 6.63. The monoisotopic (exact) mass is 268 g/mol. The summed E-state index contributed by atoms with van der Waals surface area (Å²) in [5.41, 5.74) is 0.749. The van der Waals surface area contributed by atoms with Gasteiger partial charge in [-0.3, -0.25) is 4.90 Å². The summed E-state index contributed by atoms with van der Waals surface area (Å²) in [4.78, 5) is 2.36. The van der Waals surface area contributed by atoms with Crippen LogP contribution in [0.4, 0.5) is 4.39 Å². The number of hydrogen-bond donors (Lipinski definition) is 1. The van der Waals surface area contributed by atoms with Crippen molar-refractivity contribution in [3.63, 3.8) is 0 Å². The van der Waals surface area contributed by atoms with Gasteiger partial charge in [0.2, 0.25) is 0 Å². The predicted molar refractivity (Wildman–Crippen MR) is 71.2 cm³/mol. The molecule has 0 amide bonds. The highest BCUT2D eigenvalue weighted by Gasteiger charge is 2.29. The van der Waals surface area contributed by atoms with Crippen molar-refractivity contribution in [3.05, 3.63) is 34.6 Å². The van der Waals surface area contributed by atoms with Gasteiger partial charge in [0, 0.05) is 42.3 Å². The van der Waals surface area contributed by atoms with Crippen LogP contribution in [0.2, 0.25) is 5.02 Å². The fourth-order valence-corrected chi connectivity index (χ4v) is 3.28. The van der Waals surface area contributed by atoms with Crippen LogP contribution < -0.4 is 5.32 Å². The Morgan fingerprint density at radius 3 is 2.67 bits per heavy atom. The van der Waals surface area contributed by atoms with Gasteiger partial charge in [-0.1, -0.05) is 24.1 Å². The molecule has 2 fully saturated rings. The van der Waals surface area contributed by atoms with Gasteiger partial charge in [0.05, 0.1) is 0 Å². The van der Waals surface area contributed by atoms with E-state index in [4.69, 9.17) is 11.6 Å². The lowest BCUT2D eigenvalue weighted by Crippen LogP contribution is -2.58. The van der Waals surface area contributed by atoms with Crippen LogP contribution in [-0.4, -0.2) is 30.1 Å². The first-order chi connectivity index (χ1) is 8.70. The van der Waals surface area contributed by atoms with E-state index in [2.05, 4.69) is 10.2 Å². The number of nitrogens with zero attached hydrogens (tertiary/aromatic N) is 1. The fraction of sp³-hybridized carbons (Fsp3) is 0.571. The Morgan fingerprint density at radius 2 is 2.00 bits per heavy atom. The quantitative estimate of drug-likeness (QED) is 0.887. The molecule has 1 aromatic rings. The topological polar surface area (TPSA) is 15.3 Å². The Labute approximate surface area is 112 Å². The van der Waals surface area contributed by atoms with E-state index in [1.54, 1.807) is 12.1 Å². The summed E-state index contributed by atoms with van der Waals surface area (Å²) >= 11 is 5.77. The molecular formula is C14H18ClFN2. The van der Waals surface area contributed by atoms with E-state index < -0.39 is 0 Å². The molecule has 2 saturated heterocycles. The number of likely N-dealkylation sites (tertiary alicyclic amines) is 1. The summed E-state index contributed by atoms with van der Waals surface area (Å²) in [6, 6.07) is 6.15. The Bertz CT molecular complexity index is 426. The molecule has 0 radical (unpaired) electrons. The maximum atomic E-state index is 13.8. The molecule has 3 rings (SSSR count). The number of fused-ring (bicyclic) bond motifs is 2. The molecule has 18 heavy (non-hydrogen) atoms. The summed E-state index contributed by atoms with van der Waals surface area (Å²) in [5, 5.41) is 4.10. The van der Waals surface area contributed by atoms with Gasteiger partial charge in [0.15, 0.2) is 0 Å². The average Bonchev–Trinajstić information content (AvgIpc) is 2.32. The van der Waals surface area contributed by atoms with Gasteiger partial charge >= 0.3 is 0 Å². The lowest BCUT2D eigenvalue weighted by Gasteiger charge is -2.42. The minimum Gasteiger partial charge on any atom is -0.309 e. The normalized spacial score (nSPS) is 28.3. The van der Waals surface area contributed by atoms with E-state index in [1.165, 1.54) is 25.3 Å². The fourth-order valence-electron chi connectivity index (χ4n) is 3.12. The van der Waals surface area contributed by atoms with Gasteiger partial charge in [-0.2, -0.15) is 0 Å². The first-order valence-corrected chi connectivity index (χ1v) is 7.01. The number of rotatable bonds is 2. The van der Waals surface area contributed by atoms with Gasteiger partial charge in [0.25, 0.3) is 0 Å². The molecule has 4 heteroatoms. The van der Waals surface area contributed by atoms with Crippen molar-refractivity contribution >= 4 is 11.6 Å². The van der Waals surface area contributed by atoms with E-state index in [1.807, 2.05) is 0 Å². The molecular weight excluding hydrogens is 251 g/mol. The highest BCUT2D eigenvalue weighted by molar-refractivity contribution is 6.30. The molecule has 1 aromatic carbocycles. The molecule has 2 unspecified atom stereocenters. The van der Waals surface area contributed by atoms with Crippen molar-refractivity contribution in [2.75, 3.05) is 13.1 Å². The largest absolute Gasteiger partial charge is 0.309 e. The zero-order chi connectivity index (χ0) is 12.5. The second-order valence-corrected chi connectivity index (χ2v) is 5.86. The van der Waals surface area contributed by atoms with Crippen LogP contribution in [0.15, 0.2) is 18.2 Å². The summed E-state index contributed by atoms with van der Waals surface area (Å²) in [6.45, 7) is 2.74. The van der Waals surface area contributed by atoms with Crippen molar-refractivity contribution in [2.24, 2.45) is 0 Å². The van der Waals surface area contributed by atoms with Gasteiger partial charge in [-0.05, 0) is 25.0 Å². The van der Waals surface area contributed by atoms with E-state index in [-0.39, 0.29) is 5.82 Å². The average molecular weight is 269 g/mol. The highest BCUT2D eigenvalue weighted by Crippen LogP contribution is 2.22. The van der Waals surface area contributed by atoms with Crippen molar-refractivity contribution in [1.29, 1.82) is 0 Å². The number of benzene rings is 1. The number of nitrogens with one attached hydrogen (secondary N) is 1. The van der Waals surface area contributed by atoms with Gasteiger partial charge in [0.1, 0.15) is 5.82 Å². The van der Waals surface area contributed by atoms with Crippen LogP contribution in [0.3, 0.4) is 0 Å². The molecule has 2 bridgehead atoms. The van der Waals surface area contributed by atoms with Crippen molar-refractivity contribution in [1.82, 2.24) is 10.2 Å². The third kappa shape index (κ3) is 2.68. The SMILES string of the molecule is Fc1cc(Cl)ccc1CN1CC2CCCC(C1)N2. The zero-order valence-electron chi connectivity index (χ0n) is 10.3. The molecule has 0 spiro atoms. The van der Waals surface area contributed by atoms with E-state index in [9.17, 15) is 4.39 Å². The Balaban J connectivity index is 1.69. The minimum atomic E-state index is -0.189. The summed E-state index contributed by atoms with van der Waals surface area (Å²) < 4.78 is 13.8. The van der Waals surface area contributed by atoms with Crippen molar-refractivity contribution in [3.8, 4) is 0 Å². The van der Waals surface area contributed by atoms with E-state index >= 15 is 0 Å². The van der Waals surface area contributed by atoms with Crippen LogP contribution in [0, 0.1) is 5.82 Å². The molecule has 2 heterocycles. The zero-order valence-corrected chi connectivity index (χ0v) is 11.1. The second-order valence-electron chi connectivity index (χ2n) is 5.42. The molecule has 0 aliphatic carbocycles. The first kappa shape index (κ1) is 12.4. The molecule has 0 aromatic heterocycles. The third-order valence-corrected chi connectivity index (χ3v) is 4.18. The molecule has 0 saturated carbocycles. The van der Waals surface area contributed by atoms with Crippen molar-refractivity contribution in [2.45, 2.75) is 37.9 Å². The summed E-state index contributed by atoms with van der Waals surface area (Å²) in [7, 11) is 0. The maximum Gasteiger partial charge on any atom is 0.129 e. The van der Waals surface area contributed by atoms with Crippen LogP contribution in [0.1, 0.15) is 24.8 Å². The molecule has 98 valence electrons. The molecule has 2 atom stereocenters. The van der Waals surface area contributed by atoms with Crippen LogP contribution in [-0.2, 0) is 6.54 Å².